The van der Waals surface area contributed by atoms with Gasteiger partial charge in [-0.25, -0.2) is 4.39 Å². The Morgan fingerprint density at radius 1 is 0.897 bits per heavy atom. The number of halogens is 1. The highest BCUT2D eigenvalue weighted by Gasteiger charge is 2.14. The molecule has 4 nitrogen and oxygen atoms in total. The normalized spacial score (nSPS) is 11.0. The maximum atomic E-state index is 13.2. The van der Waals surface area contributed by atoms with Crippen LogP contribution in [0.25, 0.3) is 6.08 Å². The van der Waals surface area contributed by atoms with Gasteiger partial charge in [0.2, 0.25) is 0 Å². The fourth-order valence-corrected chi connectivity index (χ4v) is 2.66. The van der Waals surface area contributed by atoms with Gasteiger partial charge in [0.05, 0.1) is 0 Å². The van der Waals surface area contributed by atoms with Crippen molar-refractivity contribution in [3.05, 3.63) is 113 Å². The molecule has 0 saturated carbocycles. The molecule has 2 amide bonds. The van der Waals surface area contributed by atoms with Crippen molar-refractivity contribution in [2.75, 3.05) is 0 Å². The SMILES string of the molecule is Cc1ccc(C(=O)NC(=Cc2ccc(F)cc2)C(=O)NCc2ccccc2)cc1. The summed E-state index contributed by atoms with van der Waals surface area (Å²) in [6.45, 7) is 2.25. The van der Waals surface area contributed by atoms with E-state index in [-0.39, 0.29) is 11.5 Å². The summed E-state index contributed by atoms with van der Waals surface area (Å²) < 4.78 is 13.2. The summed E-state index contributed by atoms with van der Waals surface area (Å²) in [5.74, 6) is -1.20. The first kappa shape index (κ1) is 20.0. The van der Waals surface area contributed by atoms with E-state index in [0.717, 1.165) is 11.1 Å². The highest BCUT2D eigenvalue weighted by Crippen LogP contribution is 2.10. The van der Waals surface area contributed by atoms with E-state index in [0.29, 0.717) is 17.7 Å². The molecular weight excluding hydrogens is 367 g/mol. The molecule has 0 aliphatic carbocycles. The van der Waals surface area contributed by atoms with Crippen LogP contribution in [0.5, 0.6) is 0 Å². The Morgan fingerprint density at radius 2 is 1.55 bits per heavy atom. The second-order valence-corrected chi connectivity index (χ2v) is 6.60. The lowest BCUT2D eigenvalue weighted by atomic mass is 10.1. The monoisotopic (exact) mass is 388 g/mol. The summed E-state index contributed by atoms with van der Waals surface area (Å²) in [7, 11) is 0. The minimum Gasteiger partial charge on any atom is -0.347 e. The Balaban J connectivity index is 1.80. The number of hydrogen-bond donors (Lipinski definition) is 2. The lowest BCUT2D eigenvalue weighted by Crippen LogP contribution is -2.34. The van der Waals surface area contributed by atoms with Gasteiger partial charge in [-0.05, 0) is 48.4 Å². The molecule has 0 saturated heterocycles. The van der Waals surface area contributed by atoms with Gasteiger partial charge in [-0.15, -0.1) is 0 Å². The van der Waals surface area contributed by atoms with E-state index in [1.54, 1.807) is 12.1 Å². The molecule has 5 heteroatoms. The number of nitrogens with one attached hydrogen (secondary N) is 2. The van der Waals surface area contributed by atoms with Crippen molar-refractivity contribution in [1.82, 2.24) is 10.6 Å². The van der Waals surface area contributed by atoms with Gasteiger partial charge in [0, 0.05) is 12.1 Å². The second kappa shape index (κ2) is 9.46. The molecule has 3 aromatic carbocycles. The van der Waals surface area contributed by atoms with Crippen molar-refractivity contribution >= 4 is 17.9 Å². The number of carbonyl (C=O) groups is 2. The average molecular weight is 388 g/mol. The van der Waals surface area contributed by atoms with Crippen LogP contribution in [-0.4, -0.2) is 11.8 Å². The molecule has 0 aliphatic rings. The van der Waals surface area contributed by atoms with Gasteiger partial charge in [-0.3, -0.25) is 9.59 Å². The third-order valence-electron chi connectivity index (χ3n) is 4.28. The lowest BCUT2D eigenvalue weighted by Gasteiger charge is -2.12. The van der Waals surface area contributed by atoms with Gasteiger partial charge >= 0.3 is 0 Å². The molecule has 0 heterocycles. The Hall–Kier alpha value is -3.73. The quantitative estimate of drug-likeness (QED) is 0.621. The highest BCUT2D eigenvalue weighted by molar-refractivity contribution is 6.05. The van der Waals surface area contributed by atoms with Gasteiger partial charge in [-0.1, -0.05) is 60.2 Å². The smallest absolute Gasteiger partial charge is 0.268 e. The molecule has 3 aromatic rings. The molecule has 2 N–H and O–H groups in total. The number of carbonyl (C=O) groups excluding carboxylic acids is 2. The van der Waals surface area contributed by atoms with Crippen LogP contribution in [0.1, 0.15) is 27.0 Å². The summed E-state index contributed by atoms with van der Waals surface area (Å²) in [6.07, 6.45) is 1.52. The average Bonchev–Trinajstić information content (AvgIpc) is 2.74. The molecule has 3 rings (SSSR count). The van der Waals surface area contributed by atoms with E-state index in [9.17, 15) is 14.0 Å². The van der Waals surface area contributed by atoms with Crippen molar-refractivity contribution in [2.24, 2.45) is 0 Å². The van der Waals surface area contributed by atoms with Crippen LogP contribution in [0, 0.1) is 12.7 Å². The topological polar surface area (TPSA) is 58.2 Å². The molecule has 0 bridgehead atoms. The predicted molar refractivity (Wildman–Crippen MR) is 111 cm³/mol. The van der Waals surface area contributed by atoms with Crippen molar-refractivity contribution in [2.45, 2.75) is 13.5 Å². The molecule has 0 atom stereocenters. The maximum absolute atomic E-state index is 13.2. The van der Waals surface area contributed by atoms with E-state index in [1.165, 1.54) is 30.3 Å². The number of rotatable bonds is 6. The molecule has 0 fully saturated rings. The molecule has 0 spiro atoms. The lowest BCUT2D eigenvalue weighted by molar-refractivity contribution is -0.117. The van der Waals surface area contributed by atoms with Crippen LogP contribution in [0.2, 0.25) is 0 Å². The minimum atomic E-state index is -0.432. The van der Waals surface area contributed by atoms with Crippen LogP contribution >= 0.6 is 0 Å². The Morgan fingerprint density at radius 3 is 2.21 bits per heavy atom. The molecule has 0 radical (unpaired) electrons. The molecule has 29 heavy (non-hydrogen) atoms. The van der Waals surface area contributed by atoms with Crippen LogP contribution in [0.4, 0.5) is 4.39 Å². The Bertz CT molecular complexity index is 1010. The fraction of sp³-hybridized carbons (Fsp3) is 0.0833. The molecule has 0 aliphatic heterocycles. The van der Waals surface area contributed by atoms with E-state index in [1.807, 2.05) is 49.4 Å². The minimum absolute atomic E-state index is 0.0816. The first-order valence-corrected chi connectivity index (χ1v) is 9.19. The molecular formula is C24H21FN2O2. The Kier molecular flexibility index (Phi) is 6.53. The first-order chi connectivity index (χ1) is 14.0. The van der Waals surface area contributed by atoms with Gasteiger partial charge < -0.3 is 10.6 Å². The van der Waals surface area contributed by atoms with Gasteiger partial charge in [0.15, 0.2) is 0 Å². The molecule has 0 aromatic heterocycles. The zero-order valence-electron chi connectivity index (χ0n) is 16.0. The summed E-state index contributed by atoms with van der Waals surface area (Å²) in [6, 6.07) is 22.2. The third kappa shape index (κ3) is 5.87. The predicted octanol–water partition coefficient (Wildman–Crippen LogP) is 4.22. The number of amides is 2. The third-order valence-corrected chi connectivity index (χ3v) is 4.28. The summed E-state index contributed by atoms with van der Waals surface area (Å²) in [5, 5.41) is 5.47. The summed E-state index contributed by atoms with van der Waals surface area (Å²) >= 11 is 0. The second-order valence-electron chi connectivity index (χ2n) is 6.60. The van der Waals surface area contributed by atoms with Crippen LogP contribution < -0.4 is 10.6 Å². The standard InChI is InChI=1S/C24H21FN2O2/c1-17-7-11-20(12-8-17)23(28)27-22(15-18-9-13-21(25)14-10-18)24(29)26-16-19-5-3-2-4-6-19/h2-15H,16H2,1H3,(H,26,29)(H,27,28). The van der Waals surface area contributed by atoms with Crippen LogP contribution in [0.3, 0.4) is 0 Å². The molecule has 0 unspecified atom stereocenters. The van der Waals surface area contributed by atoms with Crippen molar-refractivity contribution in [1.29, 1.82) is 0 Å². The zero-order chi connectivity index (χ0) is 20.6. The van der Waals surface area contributed by atoms with Crippen molar-refractivity contribution in [3.8, 4) is 0 Å². The van der Waals surface area contributed by atoms with E-state index in [2.05, 4.69) is 10.6 Å². The summed E-state index contributed by atoms with van der Waals surface area (Å²) in [4.78, 5) is 25.3. The van der Waals surface area contributed by atoms with E-state index in [4.69, 9.17) is 0 Å². The number of aryl methyl sites for hydroxylation is 1. The van der Waals surface area contributed by atoms with Crippen LogP contribution in [0.15, 0.2) is 84.6 Å². The Labute approximate surface area is 169 Å². The fourth-order valence-electron chi connectivity index (χ4n) is 2.66. The largest absolute Gasteiger partial charge is 0.347 e. The highest BCUT2D eigenvalue weighted by atomic mass is 19.1. The van der Waals surface area contributed by atoms with E-state index >= 15 is 0 Å². The number of hydrogen-bond acceptors (Lipinski definition) is 2. The van der Waals surface area contributed by atoms with E-state index < -0.39 is 11.8 Å². The maximum Gasteiger partial charge on any atom is 0.268 e. The van der Waals surface area contributed by atoms with Gasteiger partial charge in [0.1, 0.15) is 11.5 Å². The molecule has 146 valence electrons. The summed E-state index contributed by atoms with van der Waals surface area (Å²) in [5.41, 5.74) is 3.09. The first-order valence-electron chi connectivity index (χ1n) is 9.19. The van der Waals surface area contributed by atoms with Gasteiger partial charge in [0.25, 0.3) is 11.8 Å². The zero-order valence-corrected chi connectivity index (χ0v) is 16.0. The van der Waals surface area contributed by atoms with Crippen molar-refractivity contribution < 1.29 is 14.0 Å². The number of benzene rings is 3. The van der Waals surface area contributed by atoms with Crippen molar-refractivity contribution in [3.63, 3.8) is 0 Å². The van der Waals surface area contributed by atoms with Gasteiger partial charge in [-0.2, -0.15) is 0 Å². The van der Waals surface area contributed by atoms with Crippen LogP contribution in [-0.2, 0) is 11.3 Å².